The Bertz CT molecular complexity index is 648. The van der Waals surface area contributed by atoms with Gasteiger partial charge in [0.1, 0.15) is 5.78 Å². The number of benzene rings is 1. The fraction of sp³-hybridized carbons (Fsp3) is 0.478. The number of aliphatic hydroxyl groups excluding tert-OH is 1. The molecule has 0 spiro atoms. The van der Waals surface area contributed by atoms with Gasteiger partial charge in [-0.2, -0.15) is 0 Å². The first-order chi connectivity index (χ1) is 13.1. The molecule has 0 aliphatic heterocycles. The molecule has 0 heterocycles. The van der Waals surface area contributed by atoms with E-state index < -0.39 is 12.1 Å². The number of aliphatic carboxylic acids is 1. The van der Waals surface area contributed by atoms with E-state index in [2.05, 4.69) is 0 Å². The molecule has 0 bridgehead atoms. The van der Waals surface area contributed by atoms with Gasteiger partial charge in [-0.25, -0.2) is 0 Å². The number of ketones is 1. The molecule has 2 N–H and O–H groups in total. The molecular formula is C23H30O4. The van der Waals surface area contributed by atoms with Crippen molar-refractivity contribution in [3.05, 3.63) is 60.2 Å². The van der Waals surface area contributed by atoms with Gasteiger partial charge in [-0.1, -0.05) is 54.6 Å². The number of unbranched alkanes of at least 4 members (excludes halogenated alkanes) is 1. The Kier molecular flexibility index (Phi) is 8.99. The molecule has 4 heteroatoms. The number of Topliss-reactive ketones (excluding diaryl/α,β-unsaturated/α-hetero) is 1. The van der Waals surface area contributed by atoms with Crippen molar-refractivity contribution < 1.29 is 19.8 Å². The van der Waals surface area contributed by atoms with Crippen LogP contribution in [0.25, 0.3) is 0 Å². The highest BCUT2D eigenvalue weighted by Crippen LogP contribution is 2.31. The highest BCUT2D eigenvalue weighted by molar-refractivity contribution is 5.82. The van der Waals surface area contributed by atoms with Gasteiger partial charge < -0.3 is 10.2 Å². The van der Waals surface area contributed by atoms with Crippen LogP contribution in [0.4, 0.5) is 0 Å². The van der Waals surface area contributed by atoms with Crippen molar-refractivity contribution in [1.82, 2.24) is 0 Å². The smallest absolute Gasteiger partial charge is 0.303 e. The molecular weight excluding hydrogens is 340 g/mol. The summed E-state index contributed by atoms with van der Waals surface area (Å²) in [5.41, 5.74) is 1.09. The van der Waals surface area contributed by atoms with Crippen LogP contribution in [0.5, 0.6) is 0 Å². The number of allylic oxidation sites excluding steroid dienone is 3. The van der Waals surface area contributed by atoms with E-state index in [1.165, 1.54) is 0 Å². The summed E-state index contributed by atoms with van der Waals surface area (Å²) in [5.74, 6) is -0.344. The number of hydrogen-bond acceptors (Lipinski definition) is 3. The second-order valence-corrected chi connectivity index (χ2v) is 7.26. The van der Waals surface area contributed by atoms with Crippen molar-refractivity contribution in [3.8, 4) is 0 Å². The zero-order chi connectivity index (χ0) is 19.5. The van der Waals surface area contributed by atoms with Gasteiger partial charge in [0.15, 0.2) is 0 Å². The molecule has 1 fully saturated rings. The Balaban J connectivity index is 1.85. The zero-order valence-electron chi connectivity index (χ0n) is 15.8. The number of carbonyl (C=O) groups excluding carboxylic acids is 1. The average molecular weight is 370 g/mol. The van der Waals surface area contributed by atoms with Crippen molar-refractivity contribution in [2.45, 2.75) is 57.5 Å². The standard InChI is InChI=1S/C23H30O4/c24-20(17-18-9-4-3-5-10-18)16-15-19-11-8-13-22(25)21(19)12-6-1-2-7-14-23(26)27/h1,3-6,9-10,15-16,19-21,24H,2,7-8,11-14,17H2,(H,26,27)/b6-1-,16-15+/t19?,20?,21-/m1/s1. The lowest BCUT2D eigenvalue weighted by Crippen LogP contribution is -2.27. The van der Waals surface area contributed by atoms with E-state index in [0.29, 0.717) is 31.5 Å². The minimum absolute atomic E-state index is 0.0327. The summed E-state index contributed by atoms with van der Waals surface area (Å²) in [6.45, 7) is 0. The summed E-state index contributed by atoms with van der Waals surface area (Å²) >= 11 is 0. The molecule has 0 aromatic heterocycles. The van der Waals surface area contributed by atoms with Crippen molar-refractivity contribution in [2.75, 3.05) is 0 Å². The van der Waals surface area contributed by atoms with Gasteiger partial charge in [-0.15, -0.1) is 0 Å². The Morgan fingerprint density at radius 2 is 2.00 bits per heavy atom. The Labute approximate surface area is 161 Å². The lowest BCUT2D eigenvalue weighted by molar-refractivity contribution is -0.137. The fourth-order valence-electron chi connectivity index (χ4n) is 3.60. The molecule has 2 unspecified atom stereocenters. The summed E-state index contributed by atoms with van der Waals surface area (Å²) in [7, 11) is 0. The first kappa shape index (κ1) is 21.1. The lowest BCUT2D eigenvalue weighted by Gasteiger charge is -2.27. The quantitative estimate of drug-likeness (QED) is 0.475. The van der Waals surface area contributed by atoms with Crippen LogP contribution in [0.15, 0.2) is 54.6 Å². The molecule has 0 saturated heterocycles. The van der Waals surface area contributed by atoms with Gasteiger partial charge in [0.05, 0.1) is 6.10 Å². The van der Waals surface area contributed by atoms with Crippen LogP contribution in [-0.2, 0) is 16.0 Å². The van der Waals surface area contributed by atoms with Crippen molar-refractivity contribution in [2.24, 2.45) is 11.8 Å². The minimum atomic E-state index is -0.773. The molecule has 2 rings (SSSR count). The Morgan fingerprint density at radius 3 is 2.74 bits per heavy atom. The average Bonchev–Trinajstić information content (AvgIpc) is 2.65. The molecule has 1 aromatic rings. The number of carboxylic acid groups (broad SMARTS) is 1. The van der Waals surface area contributed by atoms with E-state index in [1.807, 2.05) is 54.6 Å². The third kappa shape index (κ3) is 7.92. The largest absolute Gasteiger partial charge is 0.481 e. The highest BCUT2D eigenvalue weighted by Gasteiger charge is 2.29. The van der Waals surface area contributed by atoms with E-state index in [0.717, 1.165) is 24.8 Å². The predicted molar refractivity (Wildman–Crippen MR) is 106 cm³/mol. The molecule has 1 aromatic carbocycles. The number of carbonyl (C=O) groups is 2. The van der Waals surface area contributed by atoms with Crippen LogP contribution in [0, 0.1) is 11.8 Å². The summed E-state index contributed by atoms with van der Waals surface area (Å²) in [5, 5.41) is 18.9. The van der Waals surface area contributed by atoms with Gasteiger partial charge in [0.2, 0.25) is 0 Å². The van der Waals surface area contributed by atoms with Crippen LogP contribution in [0.1, 0.15) is 50.5 Å². The normalized spacial score (nSPS) is 21.7. The second-order valence-electron chi connectivity index (χ2n) is 7.26. The predicted octanol–water partition coefficient (Wildman–Crippen LogP) is 4.33. The first-order valence-electron chi connectivity index (χ1n) is 9.86. The summed E-state index contributed by atoms with van der Waals surface area (Å²) < 4.78 is 0. The molecule has 1 saturated carbocycles. The number of hydrogen-bond donors (Lipinski definition) is 2. The Morgan fingerprint density at radius 1 is 1.22 bits per heavy atom. The summed E-state index contributed by atoms with van der Waals surface area (Å²) in [6, 6.07) is 9.88. The Hall–Kier alpha value is -2.20. The molecule has 146 valence electrons. The van der Waals surface area contributed by atoms with E-state index in [-0.39, 0.29) is 18.3 Å². The van der Waals surface area contributed by atoms with Gasteiger partial charge in [0.25, 0.3) is 0 Å². The molecule has 3 atom stereocenters. The van der Waals surface area contributed by atoms with Gasteiger partial charge in [-0.3, -0.25) is 9.59 Å². The van der Waals surface area contributed by atoms with Crippen LogP contribution < -0.4 is 0 Å². The first-order valence-corrected chi connectivity index (χ1v) is 9.86. The number of carboxylic acids is 1. The topological polar surface area (TPSA) is 74.6 Å². The summed E-state index contributed by atoms with van der Waals surface area (Å²) in [6.07, 6.45) is 12.6. The van der Waals surface area contributed by atoms with E-state index in [4.69, 9.17) is 5.11 Å². The van der Waals surface area contributed by atoms with Gasteiger partial charge >= 0.3 is 5.97 Å². The summed E-state index contributed by atoms with van der Waals surface area (Å²) in [4.78, 5) is 22.9. The minimum Gasteiger partial charge on any atom is -0.481 e. The van der Waals surface area contributed by atoms with E-state index in [1.54, 1.807) is 0 Å². The third-order valence-electron chi connectivity index (χ3n) is 5.08. The number of rotatable bonds is 10. The van der Waals surface area contributed by atoms with Gasteiger partial charge in [-0.05, 0) is 43.6 Å². The van der Waals surface area contributed by atoms with Crippen molar-refractivity contribution in [3.63, 3.8) is 0 Å². The molecule has 0 amide bonds. The maximum Gasteiger partial charge on any atom is 0.303 e. The molecule has 4 nitrogen and oxygen atoms in total. The van der Waals surface area contributed by atoms with Crippen LogP contribution in [-0.4, -0.2) is 28.1 Å². The molecule has 27 heavy (non-hydrogen) atoms. The second kappa shape index (κ2) is 11.5. The molecule has 1 aliphatic rings. The fourth-order valence-corrected chi connectivity index (χ4v) is 3.60. The van der Waals surface area contributed by atoms with Crippen molar-refractivity contribution in [1.29, 1.82) is 0 Å². The SMILES string of the molecule is O=C(O)CCC/C=C\C[C@H]1C(=O)CCCC1/C=C/C(O)Cc1ccccc1. The zero-order valence-corrected chi connectivity index (χ0v) is 15.8. The molecule has 0 radical (unpaired) electrons. The monoisotopic (exact) mass is 370 g/mol. The maximum absolute atomic E-state index is 12.3. The van der Waals surface area contributed by atoms with Crippen LogP contribution in [0.3, 0.4) is 0 Å². The molecule has 1 aliphatic carbocycles. The van der Waals surface area contributed by atoms with Gasteiger partial charge in [0, 0.05) is 25.2 Å². The highest BCUT2D eigenvalue weighted by atomic mass is 16.4. The third-order valence-corrected chi connectivity index (χ3v) is 5.08. The van der Waals surface area contributed by atoms with Crippen LogP contribution >= 0.6 is 0 Å². The van der Waals surface area contributed by atoms with Crippen molar-refractivity contribution >= 4 is 11.8 Å². The van der Waals surface area contributed by atoms with E-state index in [9.17, 15) is 14.7 Å². The van der Waals surface area contributed by atoms with E-state index >= 15 is 0 Å². The van der Waals surface area contributed by atoms with Crippen LogP contribution in [0.2, 0.25) is 0 Å². The maximum atomic E-state index is 12.3. The number of aliphatic hydroxyl groups is 1. The lowest BCUT2D eigenvalue weighted by atomic mass is 9.76.